The third kappa shape index (κ3) is 5.04. The predicted molar refractivity (Wildman–Crippen MR) is 98.0 cm³/mol. The smallest absolute Gasteiger partial charge is 0.229 e. The first-order valence-corrected chi connectivity index (χ1v) is 9.81. The predicted octanol–water partition coefficient (Wildman–Crippen LogP) is 1.74. The Labute approximate surface area is 147 Å². The number of sulfonamides is 1. The molecule has 9 heteroatoms. The maximum atomic E-state index is 11.2. The summed E-state index contributed by atoms with van der Waals surface area (Å²) in [7, 11) is -3.28. The second kappa shape index (κ2) is 7.24. The summed E-state index contributed by atoms with van der Waals surface area (Å²) in [6.45, 7) is 4.86. The lowest BCUT2D eigenvalue weighted by atomic mass is 10.3. The molecular formula is C16H21N5O3S. The summed E-state index contributed by atoms with van der Waals surface area (Å²) in [6.07, 6.45) is 1.12. The van der Waals surface area contributed by atoms with Gasteiger partial charge in [-0.25, -0.2) is 18.4 Å². The van der Waals surface area contributed by atoms with Gasteiger partial charge in [0.1, 0.15) is 17.5 Å². The van der Waals surface area contributed by atoms with E-state index < -0.39 is 10.0 Å². The monoisotopic (exact) mass is 363 g/mol. The molecule has 2 aromatic rings. The molecule has 1 aliphatic heterocycles. The molecule has 1 aliphatic rings. The number of nitrogens with zero attached hydrogens (tertiary/aromatic N) is 3. The maximum Gasteiger partial charge on any atom is 0.229 e. The van der Waals surface area contributed by atoms with Crippen LogP contribution in [0.25, 0.3) is 0 Å². The van der Waals surface area contributed by atoms with E-state index in [1.807, 2.05) is 13.0 Å². The van der Waals surface area contributed by atoms with Crippen molar-refractivity contribution < 1.29 is 13.2 Å². The van der Waals surface area contributed by atoms with E-state index in [2.05, 4.69) is 24.9 Å². The molecular weight excluding hydrogens is 342 g/mol. The molecule has 0 aliphatic carbocycles. The highest BCUT2D eigenvalue weighted by Gasteiger charge is 2.14. The van der Waals surface area contributed by atoms with E-state index in [-0.39, 0.29) is 0 Å². The largest absolute Gasteiger partial charge is 0.378 e. The van der Waals surface area contributed by atoms with Gasteiger partial charge in [-0.05, 0) is 31.2 Å². The Balaban J connectivity index is 1.75. The minimum absolute atomic E-state index is 0.515. The minimum atomic E-state index is -3.28. The molecule has 8 nitrogen and oxygen atoms in total. The molecule has 0 atom stereocenters. The molecule has 3 rings (SSSR count). The standard InChI is InChI=1S/C16H21N5O3S/c1-12-17-15(11-16(18-12)21-7-9-24-10-8-21)19-13-3-5-14(6-4-13)20-25(2,22)23/h3-6,11,20H,7-10H2,1-2H3,(H,17,18,19). The van der Waals surface area contributed by atoms with Crippen molar-refractivity contribution in [3.8, 4) is 0 Å². The average Bonchev–Trinajstić information content (AvgIpc) is 2.56. The number of anilines is 4. The van der Waals surface area contributed by atoms with Gasteiger partial charge in [0.25, 0.3) is 0 Å². The van der Waals surface area contributed by atoms with Crippen LogP contribution >= 0.6 is 0 Å². The molecule has 134 valence electrons. The van der Waals surface area contributed by atoms with Gasteiger partial charge in [0.15, 0.2) is 0 Å². The summed E-state index contributed by atoms with van der Waals surface area (Å²) in [5.74, 6) is 2.24. The van der Waals surface area contributed by atoms with Crippen LogP contribution in [0.1, 0.15) is 5.82 Å². The summed E-state index contributed by atoms with van der Waals surface area (Å²) in [5.41, 5.74) is 1.33. The Morgan fingerprint density at radius 2 is 1.72 bits per heavy atom. The first-order chi connectivity index (χ1) is 11.9. The second-order valence-corrected chi connectivity index (χ2v) is 7.58. The molecule has 0 radical (unpaired) electrons. The zero-order valence-electron chi connectivity index (χ0n) is 14.2. The summed E-state index contributed by atoms with van der Waals surface area (Å²) in [5, 5.41) is 3.23. The van der Waals surface area contributed by atoms with Crippen molar-refractivity contribution in [2.45, 2.75) is 6.92 Å². The normalized spacial score (nSPS) is 15.0. The van der Waals surface area contributed by atoms with Crippen LogP contribution in [0.3, 0.4) is 0 Å². The fourth-order valence-electron chi connectivity index (χ4n) is 2.55. The zero-order valence-corrected chi connectivity index (χ0v) is 15.0. The van der Waals surface area contributed by atoms with Gasteiger partial charge in [0.2, 0.25) is 10.0 Å². The zero-order chi connectivity index (χ0) is 17.9. The number of hydrogen-bond donors (Lipinski definition) is 2. The van der Waals surface area contributed by atoms with Crippen molar-refractivity contribution in [3.05, 3.63) is 36.2 Å². The lowest BCUT2D eigenvalue weighted by molar-refractivity contribution is 0.122. The van der Waals surface area contributed by atoms with Crippen LogP contribution in [0.2, 0.25) is 0 Å². The molecule has 0 unspecified atom stereocenters. The van der Waals surface area contributed by atoms with Crippen molar-refractivity contribution >= 4 is 33.0 Å². The first kappa shape index (κ1) is 17.4. The van der Waals surface area contributed by atoms with Gasteiger partial charge in [0.05, 0.1) is 19.5 Å². The Morgan fingerprint density at radius 3 is 2.36 bits per heavy atom. The highest BCUT2D eigenvalue weighted by molar-refractivity contribution is 7.92. The van der Waals surface area contributed by atoms with Crippen molar-refractivity contribution in [3.63, 3.8) is 0 Å². The van der Waals surface area contributed by atoms with Crippen LogP contribution in [-0.2, 0) is 14.8 Å². The summed E-state index contributed by atoms with van der Waals surface area (Å²) >= 11 is 0. The Kier molecular flexibility index (Phi) is 5.05. The quantitative estimate of drug-likeness (QED) is 0.835. The third-order valence-corrected chi connectivity index (χ3v) is 4.23. The van der Waals surface area contributed by atoms with Gasteiger partial charge in [-0.2, -0.15) is 0 Å². The van der Waals surface area contributed by atoms with E-state index >= 15 is 0 Å². The molecule has 2 heterocycles. The third-order valence-electron chi connectivity index (χ3n) is 3.62. The van der Waals surface area contributed by atoms with Crippen LogP contribution in [0.4, 0.5) is 23.0 Å². The molecule has 0 bridgehead atoms. The summed E-state index contributed by atoms with van der Waals surface area (Å²) in [4.78, 5) is 11.1. The van der Waals surface area contributed by atoms with E-state index in [0.717, 1.165) is 30.9 Å². The Bertz CT molecular complexity index is 833. The second-order valence-electron chi connectivity index (χ2n) is 5.83. The van der Waals surface area contributed by atoms with Gasteiger partial charge in [-0.3, -0.25) is 4.72 Å². The molecule has 1 aromatic heterocycles. The van der Waals surface area contributed by atoms with E-state index in [1.54, 1.807) is 24.3 Å². The highest BCUT2D eigenvalue weighted by atomic mass is 32.2. The molecule has 0 spiro atoms. The van der Waals surface area contributed by atoms with Crippen molar-refractivity contribution in [1.29, 1.82) is 0 Å². The summed E-state index contributed by atoms with van der Waals surface area (Å²) < 4.78 is 30.3. The minimum Gasteiger partial charge on any atom is -0.378 e. The lowest BCUT2D eigenvalue weighted by Crippen LogP contribution is -2.36. The number of benzene rings is 1. The van der Waals surface area contributed by atoms with Crippen LogP contribution in [0.15, 0.2) is 30.3 Å². The number of hydrogen-bond acceptors (Lipinski definition) is 7. The Morgan fingerprint density at radius 1 is 1.08 bits per heavy atom. The summed E-state index contributed by atoms with van der Waals surface area (Å²) in [6, 6.07) is 8.88. The van der Waals surface area contributed by atoms with Crippen molar-refractivity contribution in [2.24, 2.45) is 0 Å². The number of ether oxygens (including phenoxy) is 1. The molecule has 1 aromatic carbocycles. The fraction of sp³-hybridized carbons (Fsp3) is 0.375. The number of aryl methyl sites for hydroxylation is 1. The van der Waals surface area contributed by atoms with Crippen molar-refractivity contribution in [1.82, 2.24) is 9.97 Å². The number of nitrogens with one attached hydrogen (secondary N) is 2. The van der Waals surface area contributed by atoms with Gasteiger partial charge in [-0.1, -0.05) is 0 Å². The van der Waals surface area contributed by atoms with Crippen LogP contribution in [0, 0.1) is 6.92 Å². The topological polar surface area (TPSA) is 96.5 Å². The van der Waals surface area contributed by atoms with E-state index in [4.69, 9.17) is 4.74 Å². The van der Waals surface area contributed by atoms with Gasteiger partial charge < -0.3 is 15.0 Å². The average molecular weight is 363 g/mol. The van der Waals surface area contributed by atoms with Gasteiger partial charge >= 0.3 is 0 Å². The first-order valence-electron chi connectivity index (χ1n) is 7.92. The number of aromatic nitrogens is 2. The van der Waals surface area contributed by atoms with Gasteiger partial charge in [0, 0.05) is 30.5 Å². The Hall–Kier alpha value is -2.39. The molecule has 2 N–H and O–H groups in total. The lowest BCUT2D eigenvalue weighted by Gasteiger charge is -2.28. The molecule has 25 heavy (non-hydrogen) atoms. The van der Waals surface area contributed by atoms with Crippen molar-refractivity contribution in [2.75, 3.05) is 47.5 Å². The fourth-order valence-corrected chi connectivity index (χ4v) is 3.12. The molecule has 0 saturated carbocycles. The van der Waals surface area contributed by atoms with Crippen LogP contribution in [0.5, 0.6) is 0 Å². The SMILES string of the molecule is Cc1nc(Nc2ccc(NS(C)(=O)=O)cc2)cc(N2CCOCC2)n1. The number of rotatable bonds is 5. The highest BCUT2D eigenvalue weighted by Crippen LogP contribution is 2.22. The van der Waals surface area contributed by atoms with Gasteiger partial charge in [-0.15, -0.1) is 0 Å². The van der Waals surface area contributed by atoms with E-state index in [9.17, 15) is 8.42 Å². The van der Waals surface area contributed by atoms with Crippen LogP contribution in [-0.4, -0.2) is 50.9 Å². The molecule has 0 amide bonds. The van der Waals surface area contributed by atoms with Crippen LogP contribution < -0.4 is 14.9 Å². The van der Waals surface area contributed by atoms with E-state index in [1.165, 1.54) is 0 Å². The molecule has 1 fully saturated rings. The molecule has 1 saturated heterocycles. The van der Waals surface area contributed by atoms with E-state index in [0.29, 0.717) is 30.5 Å². The number of morpholine rings is 1. The maximum absolute atomic E-state index is 11.2.